The number of hydrogen-bond donors (Lipinski definition) is 2. The maximum Gasteiger partial charge on any atom is 0.220 e. The molecule has 0 heterocycles. The van der Waals surface area contributed by atoms with Gasteiger partial charge in [0.2, 0.25) is 5.91 Å². The summed E-state index contributed by atoms with van der Waals surface area (Å²) in [6, 6.07) is 0. The number of hydrogen-bond acceptors (Lipinski definition) is 2. The first-order chi connectivity index (χ1) is 7.06. The third kappa shape index (κ3) is 9.73. The highest BCUT2D eigenvalue weighted by atomic mass is 16.1. The van der Waals surface area contributed by atoms with E-state index in [2.05, 4.69) is 26.1 Å². The summed E-state index contributed by atoms with van der Waals surface area (Å²) in [5.41, 5.74) is 5.37. The summed E-state index contributed by atoms with van der Waals surface area (Å²) in [7, 11) is 0. The molecule has 1 atom stereocenters. The molecule has 0 fully saturated rings. The van der Waals surface area contributed by atoms with Crippen LogP contribution in [0.15, 0.2) is 0 Å². The molecule has 0 spiro atoms. The average molecular weight is 214 g/mol. The van der Waals surface area contributed by atoms with Crippen LogP contribution in [-0.2, 0) is 4.79 Å². The molecule has 0 rings (SSSR count). The van der Waals surface area contributed by atoms with Gasteiger partial charge in [0.1, 0.15) is 0 Å². The molecule has 1 amide bonds. The lowest BCUT2D eigenvalue weighted by Gasteiger charge is -2.13. The van der Waals surface area contributed by atoms with Gasteiger partial charge in [0, 0.05) is 13.0 Å². The van der Waals surface area contributed by atoms with Crippen molar-refractivity contribution >= 4 is 5.91 Å². The number of nitrogens with one attached hydrogen (secondary N) is 1. The topological polar surface area (TPSA) is 55.1 Å². The van der Waals surface area contributed by atoms with Gasteiger partial charge in [-0.15, -0.1) is 0 Å². The van der Waals surface area contributed by atoms with E-state index in [1.165, 1.54) is 0 Å². The predicted octanol–water partition coefficient (Wildman–Crippen LogP) is 1.91. The zero-order valence-electron chi connectivity index (χ0n) is 10.4. The van der Waals surface area contributed by atoms with Crippen LogP contribution in [0.1, 0.15) is 46.5 Å². The van der Waals surface area contributed by atoms with Crippen LogP contribution in [0.3, 0.4) is 0 Å². The van der Waals surface area contributed by atoms with E-state index in [0.29, 0.717) is 24.8 Å². The molecule has 0 saturated carbocycles. The zero-order chi connectivity index (χ0) is 11.7. The van der Waals surface area contributed by atoms with Gasteiger partial charge in [-0.3, -0.25) is 4.79 Å². The highest BCUT2D eigenvalue weighted by Crippen LogP contribution is 2.13. The van der Waals surface area contributed by atoms with E-state index in [9.17, 15) is 4.79 Å². The second-order valence-corrected chi connectivity index (χ2v) is 4.78. The van der Waals surface area contributed by atoms with E-state index < -0.39 is 0 Å². The van der Waals surface area contributed by atoms with Crippen LogP contribution in [0, 0.1) is 11.8 Å². The van der Waals surface area contributed by atoms with Crippen LogP contribution in [0.4, 0.5) is 0 Å². The van der Waals surface area contributed by atoms with Gasteiger partial charge in [-0.2, -0.15) is 0 Å². The summed E-state index contributed by atoms with van der Waals surface area (Å²) >= 11 is 0. The Kier molecular flexibility index (Phi) is 8.38. The lowest BCUT2D eigenvalue weighted by atomic mass is 9.96. The van der Waals surface area contributed by atoms with Crippen LogP contribution in [0.25, 0.3) is 0 Å². The second-order valence-electron chi connectivity index (χ2n) is 4.78. The number of unbranched alkanes of at least 4 members (excludes halogenated alkanes) is 1. The molecule has 3 nitrogen and oxygen atoms in total. The van der Waals surface area contributed by atoms with Crippen molar-refractivity contribution in [1.29, 1.82) is 0 Å². The van der Waals surface area contributed by atoms with Crippen molar-refractivity contribution in [3.63, 3.8) is 0 Å². The van der Waals surface area contributed by atoms with Crippen LogP contribution in [0.2, 0.25) is 0 Å². The van der Waals surface area contributed by atoms with Gasteiger partial charge in [0.25, 0.3) is 0 Å². The smallest absolute Gasteiger partial charge is 0.220 e. The normalized spacial score (nSPS) is 12.9. The van der Waals surface area contributed by atoms with Crippen molar-refractivity contribution in [2.45, 2.75) is 46.5 Å². The minimum atomic E-state index is 0.181. The Bertz CT molecular complexity index is 169. The van der Waals surface area contributed by atoms with Gasteiger partial charge in [-0.25, -0.2) is 0 Å². The molecule has 3 heteroatoms. The number of nitrogens with two attached hydrogens (primary N) is 1. The molecule has 0 aliphatic rings. The number of rotatable bonds is 8. The average Bonchev–Trinajstić information content (AvgIpc) is 2.10. The van der Waals surface area contributed by atoms with E-state index in [1.807, 2.05) is 0 Å². The first-order valence-corrected chi connectivity index (χ1v) is 6.03. The summed E-state index contributed by atoms with van der Waals surface area (Å²) in [4.78, 5) is 11.5. The summed E-state index contributed by atoms with van der Waals surface area (Å²) in [6.07, 6.45) is 3.75. The molecule has 0 radical (unpaired) electrons. The van der Waals surface area contributed by atoms with Gasteiger partial charge in [-0.05, 0) is 37.6 Å². The van der Waals surface area contributed by atoms with E-state index >= 15 is 0 Å². The SMILES string of the molecule is CC(C)CC(C)CC(=O)NCCCCN. The minimum absolute atomic E-state index is 0.181. The van der Waals surface area contributed by atoms with Crippen molar-refractivity contribution in [2.24, 2.45) is 17.6 Å². The lowest BCUT2D eigenvalue weighted by molar-refractivity contribution is -0.122. The fourth-order valence-electron chi connectivity index (χ4n) is 1.77. The Morgan fingerprint density at radius 3 is 2.47 bits per heavy atom. The molecular formula is C12H26N2O. The summed E-state index contributed by atoms with van der Waals surface area (Å²) < 4.78 is 0. The van der Waals surface area contributed by atoms with Gasteiger partial charge in [0.05, 0.1) is 0 Å². The molecule has 90 valence electrons. The third-order valence-corrected chi connectivity index (χ3v) is 2.36. The first-order valence-electron chi connectivity index (χ1n) is 6.03. The number of carbonyl (C=O) groups excluding carboxylic acids is 1. The fourth-order valence-corrected chi connectivity index (χ4v) is 1.77. The highest BCUT2D eigenvalue weighted by Gasteiger charge is 2.09. The number of carbonyl (C=O) groups is 1. The van der Waals surface area contributed by atoms with Crippen LogP contribution < -0.4 is 11.1 Å². The fraction of sp³-hybridized carbons (Fsp3) is 0.917. The lowest BCUT2D eigenvalue weighted by Crippen LogP contribution is -2.26. The van der Waals surface area contributed by atoms with Crippen molar-refractivity contribution in [3.8, 4) is 0 Å². The molecule has 0 aliphatic heterocycles. The molecule has 0 aromatic carbocycles. The van der Waals surface area contributed by atoms with E-state index in [0.717, 1.165) is 25.8 Å². The largest absolute Gasteiger partial charge is 0.356 e. The molecule has 1 unspecified atom stereocenters. The molecule has 0 saturated heterocycles. The second kappa shape index (κ2) is 8.72. The van der Waals surface area contributed by atoms with E-state index in [1.54, 1.807) is 0 Å². The molecule has 15 heavy (non-hydrogen) atoms. The van der Waals surface area contributed by atoms with Crippen LogP contribution in [0.5, 0.6) is 0 Å². The molecule has 0 bridgehead atoms. The van der Waals surface area contributed by atoms with Gasteiger partial charge < -0.3 is 11.1 Å². The summed E-state index contributed by atoms with van der Waals surface area (Å²) in [6.45, 7) is 7.99. The Hall–Kier alpha value is -0.570. The Morgan fingerprint density at radius 1 is 1.27 bits per heavy atom. The van der Waals surface area contributed by atoms with Crippen LogP contribution >= 0.6 is 0 Å². The van der Waals surface area contributed by atoms with Crippen molar-refractivity contribution in [2.75, 3.05) is 13.1 Å². The molecule has 0 aromatic heterocycles. The minimum Gasteiger partial charge on any atom is -0.356 e. The Morgan fingerprint density at radius 2 is 1.93 bits per heavy atom. The maximum atomic E-state index is 11.5. The zero-order valence-corrected chi connectivity index (χ0v) is 10.4. The quantitative estimate of drug-likeness (QED) is 0.606. The van der Waals surface area contributed by atoms with Gasteiger partial charge in [-0.1, -0.05) is 20.8 Å². The van der Waals surface area contributed by atoms with Gasteiger partial charge in [0.15, 0.2) is 0 Å². The third-order valence-electron chi connectivity index (χ3n) is 2.36. The molecule has 3 N–H and O–H groups in total. The van der Waals surface area contributed by atoms with Crippen LogP contribution in [-0.4, -0.2) is 19.0 Å². The standard InChI is InChI=1S/C12H26N2O/c1-10(2)8-11(3)9-12(15)14-7-5-4-6-13/h10-11H,4-9,13H2,1-3H3,(H,14,15). The molecular weight excluding hydrogens is 188 g/mol. The molecule has 0 aliphatic carbocycles. The first kappa shape index (κ1) is 14.4. The molecule has 0 aromatic rings. The highest BCUT2D eigenvalue weighted by molar-refractivity contribution is 5.76. The Labute approximate surface area is 93.8 Å². The maximum absolute atomic E-state index is 11.5. The van der Waals surface area contributed by atoms with E-state index in [4.69, 9.17) is 5.73 Å². The van der Waals surface area contributed by atoms with E-state index in [-0.39, 0.29) is 5.91 Å². The van der Waals surface area contributed by atoms with Crippen molar-refractivity contribution in [1.82, 2.24) is 5.32 Å². The Balaban J connectivity index is 3.47. The predicted molar refractivity (Wildman–Crippen MR) is 64.5 cm³/mol. The number of amides is 1. The van der Waals surface area contributed by atoms with Crippen molar-refractivity contribution in [3.05, 3.63) is 0 Å². The summed E-state index contributed by atoms with van der Waals surface area (Å²) in [5, 5.41) is 2.93. The van der Waals surface area contributed by atoms with Gasteiger partial charge >= 0.3 is 0 Å². The summed E-state index contributed by atoms with van der Waals surface area (Å²) in [5.74, 6) is 1.34. The monoisotopic (exact) mass is 214 g/mol. The van der Waals surface area contributed by atoms with Crippen molar-refractivity contribution < 1.29 is 4.79 Å².